The number of thioether (sulfide) groups is 1. The van der Waals surface area contributed by atoms with E-state index in [0.717, 1.165) is 24.5 Å². The van der Waals surface area contributed by atoms with E-state index in [1.807, 2.05) is 0 Å². The first-order valence-electron chi connectivity index (χ1n) is 5.87. The molecule has 0 aromatic carbocycles. The van der Waals surface area contributed by atoms with Gasteiger partial charge in [0.15, 0.2) is 0 Å². The first-order chi connectivity index (χ1) is 7.67. The van der Waals surface area contributed by atoms with Crippen molar-refractivity contribution in [2.24, 2.45) is 5.41 Å². The van der Waals surface area contributed by atoms with Gasteiger partial charge in [-0.25, -0.2) is 0 Å². The van der Waals surface area contributed by atoms with Gasteiger partial charge >= 0.3 is 0 Å². The van der Waals surface area contributed by atoms with Gasteiger partial charge < -0.3 is 10.4 Å². The van der Waals surface area contributed by atoms with Crippen LogP contribution in [-0.2, 0) is 4.79 Å². The van der Waals surface area contributed by atoms with Gasteiger partial charge in [0.05, 0.1) is 12.6 Å². The summed E-state index contributed by atoms with van der Waals surface area (Å²) in [6.07, 6.45) is 1.76. The van der Waals surface area contributed by atoms with E-state index < -0.39 is 0 Å². The Bertz CT molecular complexity index is 218. The molecule has 3 N–H and O–H groups in total. The van der Waals surface area contributed by atoms with Gasteiger partial charge in [0.1, 0.15) is 0 Å². The molecule has 1 amide bonds. The molecular weight excluding hydrogens is 224 g/mol. The summed E-state index contributed by atoms with van der Waals surface area (Å²) in [7, 11) is 0. The molecule has 1 saturated heterocycles. The number of rotatable bonds is 6. The van der Waals surface area contributed by atoms with Crippen LogP contribution in [0.25, 0.3) is 0 Å². The number of aliphatic hydroxyl groups is 1. The lowest BCUT2D eigenvalue weighted by atomic mass is 9.83. The number of carbonyl (C=O) groups is 1. The van der Waals surface area contributed by atoms with E-state index in [4.69, 9.17) is 0 Å². The van der Waals surface area contributed by atoms with Crippen LogP contribution in [0.3, 0.4) is 0 Å². The molecule has 1 unspecified atom stereocenters. The van der Waals surface area contributed by atoms with Crippen molar-refractivity contribution < 1.29 is 9.90 Å². The van der Waals surface area contributed by atoms with E-state index in [9.17, 15) is 9.90 Å². The second-order valence-corrected chi connectivity index (χ2v) is 5.39. The minimum Gasteiger partial charge on any atom is -0.396 e. The summed E-state index contributed by atoms with van der Waals surface area (Å²) >= 11 is 1.74. The topological polar surface area (TPSA) is 61.4 Å². The molecule has 1 aliphatic heterocycles. The highest BCUT2D eigenvalue weighted by atomic mass is 32.2. The normalized spacial score (nSPS) is 21.1. The molecule has 0 spiro atoms. The summed E-state index contributed by atoms with van der Waals surface area (Å²) in [5.74, 6) is 1.76. The molecule has 1 atom stereocenters. The number of aliphatic hydroxyl groups excluding tert-OH is 1. The Morgan fingerprint density at radius 2 is 2.25 bits per heavy atom. The Morgan fingerprint density at radius 3 is 2.69 bits per heavy atom. The van der Waals surface area contributed by atoms with Crippen LogP contribution in [-0.4, -0.2) is 41.8 Å². The Kier molecular flexibility index (Phi) is 5.58. The standard InChI is InChI=1S/C11H22N2O2S/c1-3-11(4-2,7-14)6-12-10(15)9-5-16-8-13-9/h9,13-14H,3-8H2,1-2H3,(H,12,15). The predicted octanol–water partition coefficient (Wildman–Crippen LogP) is 0.564. The van der Waals surface area contributed by atoms with Gasteiger partial charge in [-0.2, -0.15) is 0 Å². The fourth-order valence-corrected chi connectivity index (χ4v) is 2.68. The van der Waals surface area contributed by atoms with E-state index >= 15 is 0 Å². The van der Waals surface area contributed by atoms with Crippen molar-refractivity contribution in [2.75, 3.05) is 24.8 Å². The first kappa shape index (κ1) is 13.8. The molecule has 0 bridgehead atoms. The van der Waals surface area contributed by atoms with Gasteiger partial charge in [0.2, 0.25) is 5.91 Å². The minimum atomic E-state index is -0.151. The number of carbonyl (C=O) groups excluding carboxylic acids is 1. The molecular formula is C11H22N2O2S. The Hall–Kier alpha value is -0.260. The van der Waals surface area contributed by atoms with Gasteiger partial charge in [-0.05, 0) is 12.8 Å². The summed E-state index contributed by atoms with van der Waals surface area (Å²) in [5.41, 5.74) is -0.151. The van der Waals surface area contributed by atoms with Gasteiger partial charge in [-0.15, -0.1) is 11.8 Å². The highest BCUT2D eigenvalue weighted by Gasteiger charge is 2.28. The third-order valence-electron chi connectivity index (χ3n) is 3.51. The Balaban J connectivity index is 2.39. The van der Waals surface area contributed by atoms with E-state index in [1.54, 1.807) is 11.8 Å². The van der Waals surface area contributed by atoms with Crippen molar-refractivity contribution in [3.63, 3.8) is 0 Å². The average Bonchev–Trinajstić information content (AvgIpc) is 2.85. The van der Waals surface area contributed by atoms with E-state index in [0.29, 0.717) is 6.54 Å². The third kappa shape index (κ3) is 3.37. The summed E-state index contributed by atoms with van der Waals surface area (Å²) in [4.78, 5) is 11.8. The maximum atomic E-state index is 11.8. The third-order valence-corrected chi connectivity index (χ3v) is 4.45. The molecule has 5 heteroatoms. The van der Waals surface area contributed by atoms with Crippen molar-refractivity contribution in [1.82, 2.24) is 10.6 Å². The minimum absolute atomic E-state index is 0.0599. The lowest BCUT2D eigenvalue weighted by Crippen LogP contribution is -2.47. The van der Waals surface area contributed by atoms with E-state index in [2.05, 4.69) is 24.5 Å². The number of hydrogen-bond donors (Lipinski definition) is 3. The van der Waals surface area contributed by atoms with E-state index in [-0.39, 0.29) is 24.0 Å². The summed E-state index contributed by atoms with van der Waals surface area (Å²) in [6.45, 7) is 4.80. The molecule has 4 nitrogen and oxygen atoms in total. The first-order valence-corrected chi connectivity index (χ1v) is 7.02. The molecule has 0 aromatic rings. The van der Waals surface area contributed by atoms with Crippen molar-refractivity contribution in [3.05, 3.63) is 0 Å². The highest BCUT2D eigenvalue weighted by molar-refractivity contribution is 7.99. The van der Waals surface area contributed by atoms with Crippen molar-refractivity contribution in [1.29, 1.82) is 0 Å². The lowest BCUT2D eigenvalue weighted by molar-refractivity contribution is -0.123. The van der Waals surface area contributed by atoms with Crippen molar-refractivity contribution in [2.45, 2.75) is 32.7 Å². The Labute approximate surface area is 102 Å². The molecule has 1 aliphatic rings. The molecule has 0 aliphatic carbocycles. The van der Waals surface area contributed by atoms with Gasteiger partial charge in [0, 0.05) is 23.6 Å². The highest BCUT2D eigenvalue weighted by Crippen LogP contribution is 2.24. The molecule has 1 rings (SSSR count). The van der Waals surface area contributed by atoms with Crippen LogP contribution >= 0.6 is 11.8 Å². The zero-order chi connectivity index (χ0) is 12.0. The smallest absolute Gasteiger partial charge is 0.238 e. The summed E-state index contributed by atoms with van der Waals surface area (Å²) in [5, 5.41) is 15.5. The molecule has 0 aromatic heterocycles. The van der Waals surface area contributed by atoms with Crippen LogP contribution in [0.15, 0.2) is 0 Å². The second-order valence-electron chi connectivity index (χ2n) is 4.35. The molecule has 16 heavy (non-hydrogen) atoms. The van der Waals surface area contributed by atoms with Crippen LogP contribution in [0.5, 0.6) is 0 Å². The molecule has 1 heterocycles. The molecule has 1 fully saturated rings. The largest absolute Gasteiger partial charge is 0.396 e. The maximum absolute atomic E-state index is 11.8. The van der Waals surface area contributed by atoms with E-state index in [1.165, 1.54) is 0 Å². The number of amides is 1. The van der Waals surface area contributed by atoms with Gasteiger partial charge in [-0.1, -0.05) is 13.8 Å². The lowest BCUT2D eigenvalue weighted by Gasteiger charge is -2.30. The van der Waals surface area contributed by atoms with Crippen molar-refractivity contribution in [3.8, 4) is 0 Å². The van der Waals surface area contributed by atoms with Gasteiger partial charge in [0.25, 0.3) is 0 Å². The Morgan fingerprint density at radius 1 is 1.56 bits per heavy atom. The van der Waals surface area contributed by atoms with Crippen molar-refractivity contribution >= 4 is 17.7 Å². The SMILES string of the molecule is CCC(CC)(CO)CNC(=O)C1CSCN1. The molecule has 94 valence electrons. The monoisotopic (exact) mass is 246 g/mol. The maximum Gasteiger partial charge on any atom is 0.238 e. The van der Waals surface area contributed by atoms with Crippen LogP contribution in [0.4, 0.5) is 0 Å². The fraction of sp³-hybridized carbons (Fsp3) is 0.909. The zero-order valence-corrected chi connectivity index (χ0v) is 10.9. The van der Waals surface area contributed by atoms with Crippen LogP contribution in [0.2, 0.25) is 0 Å². The zero-order valence-electron chi connectivity index (χ0n) is 10.1. The molecule has 0 saturated carbocycles. The second kappa shape index (κ2) is 6.47. The average molecular weight is 246 g/mol. The summed E-state index contributed by atoms with van der Waals surface area (Å²) < 4.78 is 0. The quantitative estimate of drug-likeness (QED) is 0.641. The molecule has 0 radical (unpaired) electrons. The van der Waals surface area contributed by atoms with Crippen LogP contribution < -0.4 is 10.6 Å². The fourth-order valence-electron chi connectivity index (χ4n) is 1.74. The predicted molar refractivity (Wildman–Crippen MR) is 67.4 cm³/mol. The number of nitrogens with one attached hydrogen (secondary N) is 2. The van der Waals surface area contributed by atoms with Gasteiger partial charge in [-0.3, -0.25) is 10.1 Å². The van der Waals surface area contributed by atoms with Crippen LogP contribution in [0, 0.1) is 5.41 Å². The number of hydrogen-bond acceptors (Lipinski definition) is 4. The summed E-state index contributed by atoms with van der Waals surface area (Å²) in [6, 6.07) is -0.0601. The van der Waals surface area contributed by atoms with Crippen LogP contribution in [0.1, 0.15) is 26.7 Å².